The summed E-state index contributed by atoms with van der Waals surface area (Å²) in [6, 6.07) is 2.81. The van der Waals surface area contributed by atoms with E-state index in [1.54, 1.807) is 0 Å². The number of carboxylic acid groups (broad SMARTS) is 1. The van der Waals surface area contributed by atoms with Gasteiger partial charge in [-0.15, -0.1) is 0 Å². The highest BCUT2D eigenvalue weighted by atomic mass is 35.5. The Morgan fingerprint density at radius 3 is 3.12 bits per heavy atom. The zero-order valence-electron chi connectivity index (χ0n) is 9.06. The van der Waals surface area contributed by atoms with Crippen molar-refractivity contribution in [3.05, 3.63) is 22.8 Å². The lowest BCUT2D eigenvalue weighted by atomic mass is 10.1. The van der Waals surface area contributed by atoms with Crippen LogP contribution in [0, 0.1) is 5.92 Å². The zero-order chi connectivity index (χ0) is 12.3. The van der Waals surface area contributed by atoms with Crippen LogP contribution < -0.4 is 4.74 Å². The van der Waals surface area contributed by atoms with Crippen molar-refractivity contribution in [3.63, 3.8) is 0 Å². The molecule has 1 atom stereocenters. The Labute approximate surface area is 103 Å². The number of carbonyl (C=O) groups is 1. The summed E-state index contributed by atoms with van der Waals surface area (Å²) >= 11 is 5.71. The molecule has 1 aromatic heterocycles. The van der Waals surface area contributed by atoms with E-state index in [0.717, 1.165) is 13.0 Å². The van der Waals surface area contributed by atoms with Gasteiger partial charge in [-0.1, -0.05) is 11.6 Å². The van der Waals surface area contributed by atoms with E-state index in [9.17, 15) is 4.79 Å². The molecule has 1 unspecified atom stereocenters. The molecule has 17 heavy (non-hydrogen) atoms. The molecular formula is C11H12ClNO4. The first-order valence-electron chi connectivity index (χ1n) is 5.27. The molecule has 0 aliphatic carbocycles. The normalized spacial score (nSPS) is 19.2. The van der Waals surface area contributed by atoms with E-state index in [1.165, 1.54) is 12.1 Å². The molecule has 1 fully saturated rings. The maximum atomic E-state index is 10.9. The Morgan fingerprint density at radius 1 is 1.65 bits per heavy atom. The number of aromatic nitrogens is 1. The van der Waals surface area contributed by atoms with Gasteiger partial charge in [-0.05, 0) is 18.6 Å². The van der Waals surface area contributed by atoms with Crippen molar-refractivity contribution in [3.8, 4) is 5.88 Å². The summed E-state index contributed by atoms with van der Waals surface area (Å²) in [5, 5.41) is 9.18. The van der Waals surface area contributed by atoms with E-state index in [0.29, 0.717) is 13.2 Å². The maximum Gasteiger partial charge on any atom is 0.341 e. The molecule has 92 valence electrons. The smallest absolute Gasteiger partial charge is 0.341 e. The van der Waals surface area contributed by atoms with Crippen LogP contribution in [-0.2, 0) is 4.74 Å². The van der Waals surface area contributed by atoms with Crippen molar-refractivity contribution < 1.29 is 19.4 Å². The topological polar surface area (TPSA) is 68.7 Å². The molecular weight excluding hydrogens is 246 g/mol. The molecule has 1 aliphatic rings. The summed E-state index contributed by atoms with van der Waals surface area (Å²) in [4.78, 5) is 14.8. The van der Waals surface area contributed by atoms with Crippen LogP contribution >= 0.6 is 11.6 Å². The second-order valence-corrected chi connectivity index (χ2v) is 4.22. The third kappa shape index (κ3) is 3.08. The molecule has 1 N–H and O–H groups in total. The summed E-state index contributed by atoms with van der Waals surface area (Å²) in [7, 11) is 0. The van der Waals surface area contributed by atoms with E-state index in [1.807, 2.05) is 0 Å². The predicted octanol–water partition coefficient (Wildman–Crippen LogP) is 1.85. The molecule has 0 spiro atoms. The molecule has 1 aromatic rings. The first kappa shape index (κ1) is 12.1. The minimum atomic E-state index is -1.08. The summed E-state index contributed by atoms with van der Waals surface area (Å²) in [5.41, 5.74) is 0.0216. The van der Waals surface area contributed by atoms with Gasteiger partial charge in [0.1, 0.15) is 10.7 Å². The number of pyridine rings is 1. The lowest BCUT2D eigenvalue weighted by molar-refractivity contribution is 0.0690. The summed E-state index contributed by atoms with van der Waals surface area (Å²) in [6.07, 6.45) is 0.920. The van der Waals surface area contributed by atoms with Crippen LogP contribution in [0.5, 0.6) is 5.88 Å². The fourth-order valence-electron chi connectivity index (χ4n) is 1.60. The molecule has 6 heteroatoms. The third-order valence-corrected chi connectivity index (χ3v) is 2.75. The molecule has 1 aliphatic heterocycles. The van der Waals surface area contributed by atoms with Gasteiger partial charge in [0.15, 0.2) is 0 Å². The van der Waals surface area contributed by atoms with E-state index in [-0.39, 0.29) is 22.5 Å². The molecule has 2 rings (SSSR count). The van der Waals surface area contributed by atoms with Crippen molar-refractivity contribution >= 4 is 17.6 Å². The van der Waals surface area contributed by atoms with Gasteiger partial charge in [-0.2, -0.15) is 0 Å². The largest absolute Gasteiger partial charge is 0.477 e. The standard InChI is InChI=1S/C11H12ClNO4/c12-9-2-1-8(11(14)15)10(13-9)17-6-7-3-4-16-5-7/h1-2,7H,3-6H2,(H,14,15). The number of nitrogens with zero attached hydrogens (tertiary/aromatic N) is 1. The minimum Gasteiger partial charge on any atom is -0.477 e. The summed E-state index contributed by atoms with van der Waals surface area (Å²) < 4.78 is 10.6. The van der Waals surface area contributed by atoms with E-state index < -0.39 is 5.97 Å². The van der Waals surface area contributed by atoms with Crippen LogP contribution in [-0.4, -0.2) is 35.9 Å². The van der Waals surface area contributed by atoms with Crippen LogP contribution in [0.15, 0.2) is 12.1 Å². The van der Waals surface area contributed by atoms with Crippen LogP contribution in [0.3, 0.4) is 0 Å². The number of halogens is 1. The Morgan fingerprint density at radius 2 is 2.47 bits per heavy atom. The molecule has 1 saturated heterocycles. The second-order valence-electron chi connectivity index (χ2n) is 3.83. The van der Waals surface area contributed by atoms with Gasteiger partial charge in [-0.25, -0.2) is 9.78 Å². The number of carboxylic acids is 1. The third-order valence-electron chi connectivity index (χ3n) is 2.54. The number of hydrogen-bond donors (Lipinski definition) is 1. The lowest BCUT2D eigenvalue weighted by Gasteiger charge is -2.11. The average Bonchev–Trinajstić information content (AvgIpc) is 2.78. The number of rotatable bonds is 4. The zero-order valence-corrected chi connectivity index (χ0v) is 9.81. The van der Waals surface area contributed by atoms with E-state index >= 15 is 0 Å². The first-order valence-corrected chi connectivity index (χ1v) is 5.65. The quantitative estimate of drug-likeness (QED) is 0.834. The first-order chi connectivity index (χ1) is 8.16. The van der Waals surface area contributed by atoms with Gasteiger partial charge in [0.05, 0.1) is 13.2 Å². The Kier molecular flexibility index (Phi) is 3.81. The molecule has 5 nitrogen and oxygen atoms in total. The molecule has 0 amide bonds. The van der Waals surface area contributed by atoms with Gasteiger partial charge in [0, 0.05) is 12.5 Å². The van der Waals surface area contributed by atoms with E-state index in [4.69, 9.17) is 26.2 Å². The van der Waals surface area contributed by atoms with Crippen LogP contribution in [0.4, 0.5) is 0 Å². The summed E-state index contributed by atoms with van der Waals surface area (Å²) in [6.45, 7) is 1.76. The van der Waals surface area contributed by atoms with Gasteiger partial charge in [0.2, 0.25) is 5.88 Å². The highest BCUT2D eigenvalue weighted by Crippen LogP contribution is 2.21. The fourth-order valence-corrected chi connectivity index (χ4v) is 1.74. The van der Waals surface area contributed by atoms with Crippen molar-refractivity contribution in [2.75, 3.05) is 19.8 Å². The highest BCUT2D eigenvalue weighted by molar-refractivity contribution is 6.29. The molecule has 0 radical (unpaired) electrons. The van der Waals surface area contributed by atoms with Crippen LogP contribution in [0.2, 0.25) is 5.15 Å². The SMILES string of the molecule is O=C(O)c1ccc(Cl)nc1OCC1CCOC1. The van der Waals surface area contributed by atoms with Crippen LogP contribution in [0.25, 0.3) is 0 Å². The summed E-state index contributed by atoms with van der Waals surface area (Å²) in [5.74, 6) is -0.721. The van der Waals surface area contributed by atoms with Crippen molar-refractivity contribution in [1.29, 1.82) is 0 Å². The Balaban J connectivity index is 2.07. The Hall–Kier alpha value is -1.33. The molecule has 0 bridgehead atoms. The van der Waals surface area contributed by atoms with Gasteiger partial charge < -0.3 is 14.6 Å². The van der Waals surface area contributed by atoms with Crippen molar-refractivity contribution in [1.82, 2.24) is 4.98 Å². The fraction of sp³-hybridized carbons (Fsp3) is 0.455. The predicted molar refractivity (Wildman–Crippen MR) is 60.6 cm³/mol. The van der Waals surface area contributed by atoms with Gasteiger partial charge >= 0.3 is 5.97 Å². The number of aromatic carboxylic acids is 1. The molecule has 2 heterocycles. The maximum absolute atomic E-state index is 10.9. The highest BCUT2D eigenvalue weighted by Gasteiger charge is 2.19. The molecule has 0 aromatic carbocycles. The van der Waals surface area contributed by atoms with E-state index in [2.05, 4.69) is 4.98 Å². The minimum absolute atomic E-state index is 0.0216. The number of ether oxygens (including phenoxy) is 2. The monoisotopic (exact) mass is 257 g/mol. The number of hydrogen-bond acceptors (Lipinski definition) is 4. The Bertz CT molecular complexity index is 418. The second kappa shape index (κ2) is 5.33. The van der Waals surface area contributed by atoms with Crippen molar-refractivity contribution in [2.24, 2.45) is 5.92 Å². The van der Waals surface area contributed by atoms with Crippen molar-refractivity contribution in [2.45, 2.75) is 6.42 Å². The lowest BCUT2D eigenvalue weighted by Crippen LogP contribution is -2.14. The molecule has 0 saturated carbocycles. The average molecular weight is 258 g/mol. The van der Waals surface area contributed by atoms with Gasteiger partial charge in [0.25, 0.3) is 0 Å². The van der Waals surface area contributed by atoms with Crippen LogP contribution in [0.1, 0.15) is 16.8 Å². The van der Waals surface area contributed by atoms with Gasteiger partial charge in [-0.3, -0.25) is 0 Å².